The summed E-state index contributed by atoms with van der Waals surface area (Å²) in [7, 11) is 0. The SMILES string of the molecule is Cc1cccc(CCc2ccc(F)cc2)c1. The second kappa shape index (κ2) is 4.93. The van der Waals surface area contributed by atoms with Crippen LogP contribution >= 0.6 is 0 Å². The monoisotopic (exact) mass is 214 g/mol. The van der Waals surface area contributed by atoms with Gasteiger partial charge in [0.1, 0.15) is 5.82 Å². The Labute approximate surface area is 95.7 Å². The highest BCUT2D eigenvalue weighted by atomic mass is 19.1. The van der Waals surface area contributed by atoms with Crippen molar-refractivity contribution in [1.29, 1.82) is 0 Å². The van der Waals surface area contributed by atoms with Crippen LogP contribution in [0.3, 0.4) is 0 Å². The Morgan fingerprint density at radius 1 is 0.875 bits per heavy atom. The molecule has 0 aliphatic heterocycles. The Kier molecular flexibility index (Phi) is 3.35. The highest BCUT2D eigenvalue weighted by molar-refractivity contribution is 5.24. The van der Waals surface area contributed by atoms with E-state index in [2.05, 4.69) is 31.2 Å². The van der Waals surface area contributed by atoms with Crippen LogP contribution in [0.4, 0.5) is 4.39 Å². The van der Waals surface area contributed by atoms with E-state index in [-0.39, 0.29) is 5.82 Å². The summed E-state index contributed by atoms with van der Waals surface area (Å²) >= 11 is 0. The number of hydrogen-bond acceptors (Lipinski definition) is 0. The lowest BCUT2D eigenvalue weighted by Gasteiger charge is -2.03. The van der Waals surface area contributed by atoms with Crippen LogP contribution in [0, 0.1) is 12.7 Å². The smallest absolute Gasteiger partial charge is 0.123 e. The van der Waals surface area contributed by atoms with Crippen molar-refractivity contribution in [1.82, 2.24) is 0 Å². The molecular formula is C15H15F. The molecule has 0 unspecified atom stereocenters. The Morgan fingerprint density at radius 3 is 2.25 bits per heavy atom. The summed E-state index contributed by atoms with van der Waals surface area (Å²) in [4.78, 5) is 0. The van der Waals surface area contributed by atoms with E-state index in [1.165, 1.54) is 28.8 Å². The minimum Gasteiger partial charge on any atom is -0.207 e. The molecule has 82 valence electrons. The van der Waals surface area contributed by atoms with Crippen molar-refractivity contribution in [2.24, 2.45) is 0 Å². The maximum absolute atomic E-state index is 12.7. The summed E-state index contributed by atoms with van der Waals surface area (Å²) in [6.45, 7) is 2.10. The third-order valence-corrected chi connectivity index (χ3v) is 2.70. The third kappa shape index (κ3) is 2.93. The fraction of sp³-hybridized carbons (Fsp3) is 0.200. The third-order valence-electron chi connectivity index (χ3n) is 2.70. The molecule has 0 fully saturated rings. The van der Waals surface area contributed by atoms with Crippen LogP contribution in [-0.2, 0) is 12.8 Å². The molecule has 2 rings (SSSR count). The molecule has 0 saturated carbocycles. The standard InChI is InChI=1S/C15H15F/c1-12-3-2-4-14(11-12)6-5-13-7-9-15(16)10-8-13/h2-4,7-11H,5-6H2,1H3. The molecule has 0 aliphatic carbocycles. The summed E-state index contributed by atoms with van der Waals surface area (Å²) in [5.74, 6) is -0.167. The van der Waals surface area contributed by atoms with Crippen LogP contribution < -0.4 is 0 Å². The molecule has 2 aromatic rings. The lowest BCUT2D eigenvalue weighted by molar-refractivity contribution is 0.627. The number of aryl methyl sites for hydroxylation is 3. The minimum atomic E-state index is -0.167. The molecule has 0 amide bonds. The van der Waals surface area contributed by atoms with Crippen LogP contribution in [0.1, 0.15) is 16.7 Å². The lowest BCUT2D eigenvalue weighted by Crippen LogP contribution is -1.91. The highest BCUT2D eigenvalue weighted by Crippen LogP contribution is 2.10. The first-order valence-electron chi connectivity index (χ1n) is 5.54. The number of hydrogen-bond donors (Lipinski definition) is 0. The maximum atomic E-state index is 12.7. The Hall–Kier alpha value is -1.63. The molecule has 0 aromatic heterocycles. The number of halogens is 1. The minimum absolute atomic E-state index is 0.167. The van der Waals surface area contributed by atoms with E-state index in [0.717, 1.165) is 12.8 Å². The van der Waals surface area contributed by atoms with Gasteiger partial charge in [0.05, 0.1) is 0 Å². The van der Waals surface area contributed by atoms with Crippen LogP contribution in [0.2, 0.25) is 0 Å². The summed E-state index contributed by atoms with van der Waals surface area (Å²) in [5, 5.41) is 0. The molecule has 0 radical (unpaired) electrons. The van der Waals surface area contributed by atoms with Gasteiger partial charge in [-0.2, -0.15) is 0 Å². The zero-order valence-electron chi connectivity index (χ0n) is 9.41. The molecule has 0 N–H and O–H groups in total. The van der Waals surface area contributed by atoms with Gasteiger partial charge in [0.25, 0.3) is 0 Å². The van der Waals surface area contributed by atoms with Crippen molar-refractivity contribution >= 4 is 0 Å². The molecule has 16 heavy (non-hydrogen) atoms. The van der Waals surface area contributed by atoms with E-state index < -0.39 is 0 Å². The second-order valence-electron chi connectivity index (χ2n) is 4.12. The van der Waals surface area contributed by atoms with Crippen LogP contribution in [0.5, 0.6) is 0 Å². The van der Waals surface area contributed by atoms with Crippen molar-refractivity contribution in [2.75, 3.05) is 0 Å². The molecule has 0 heterocycles. The van der Waals surface area contributed by atoms with Gasteiger partial charge in [-0.15, -0.1) is 0 Å². The van der Waals surface area contributed by atoms with Crippen molar-refractivity contribution in [3.8, 4) is 0 Å². The van der Waals surface area contributed by atoms with Crippen LogP contribution in [0.15, 0.2) is 48.5 Å². The van der Waals surface area contributed by atoms with Gasteiger partial charge in [-0.3, -0.25) is 0 Å². The fourth-order valence-corrected chi connectivity index (χ4v) is 1.81. The first-order valence-corrected chi connectivity index (χ1v) is 5.54. The van der Waals surface area contributed by atoms with Crippen molar-refractivity contribution in [2.45, 2.75) is 19.8 Å². The van der Waals surface area contributed by atoms with E-state index >= 15 is 0 Å². The average molecular weight is 214 g/mol. The van der Waals surface area contributed by atoms with Gasteiger partial charge < -0.3 is 0 Å². The molecular weight excluding hydrogens is 199 g/mol. The largest absolute Gasteiger partial charge is 0.207 e. The maximum Gasteiger partial charge on any atom is 0.123 e. The number of rotatable bonds is 3. The van der Waals surface area contributed by atoms with E-state index in [1.54, 1.807) is 0 Å². The van der Waals surface area contributed by atoms with Gasteiger partial charge in [-0.1, -0.05) is 42.0 Å². The fourth-order valence-electron chi connectivity index (χ4n) is 1.81. The highest BCUT2D eigenvalue weighted by Gasteiger charge is 1.96. The van der Waals surface area contributed by atoms with Crippen LogP contribution in [-0.4, -0.2) is 0 Å². The lowest BCUT2D eigenvalue weighted by atomic mass is 10.0. The van der Waals surface area contributed by atoms with Crippen molar-refractivity contribution < 1.29 is 4.39 Å². The van der Waals surface area contributed by atoms with Gasteiger partial charge in [0.2, 0.25) is 0 Å². The number of benzene rings is 2. The van der Waals surface area contributed by atoms with E-state index in [9.17, 15) is 4.39 Å². The van der Waals surface area contributed by atoms with Crippen molar-refractivity contribution in [3.05, 3.63) is 71.0 Å². The van der Waals surface area contributed by atoms with Crippen molar-refractivity contribution in [3.63, 3.8) is 0 Å². The predicted molar refractivity (Wildman–Crippen MR) is 65.0 cm³/mol. The van der Waals surface area contributed by atoms with Gasteiger partial charge in [-0.25, -0.2) is 4.39 Å². The first-order chi connectivity index (χ1) is 7.74. The van der Waals surface area contributed by atoms with E-state index in [4.69, 9.17) is 0 Å². The quantitative estimate of drug-likeness (QED) is 0.726. The molecule has 2 aromatic carbocycles. The van der Waals surface area contributed by atoms with Gasteiger partial charge in [0, 0.05) is 0 Å². The van der Waals surface area contributed by atoms with Gasteiger partial charge in [-0.05, 0) is 43.0 Å². The molecule has 0 nitrogen and oxygen atoms in total. The molecule has 1 heteroatoms. The molecule has 0 spiro atoms. The summed E-state index contributed by atoms with van der Waals surface area (Å²) in [6.07, 6.45) is 1.97. The first kappa shape index (κ1) is 10.9. The van der Waals surface area contributed by atoms with Gasteiger partial charge in [0.15, 0.2) is 0 Å². The Bertz CT molecular complexity index is 457. The molecule has 0 saturated heterocycles. The topological polar surface area (TPSA) is 0 Å². The molecule has 0 bridgehead atoms. The summed E-state index contributed by atoms with van der Waals surface area (Å²) < 4.78 is 12.7. The van der Waals surface area contributed by atoms with Crippen LogP contribution in [0.25, 0.3) is 0 Å². The zero-order valence-corrected chi connectivity index (χ0v) is 9.41. The molecule has 0 aliphatic rings. The average Bonchev–Trinajstić information content (AvgIpc) is 2.28. The second-order valence-corrected chi connectivity index (χ2v) is 4.12. The predicted octanol–water partition coefficient (Wildman–Crippen LogP) is 3.92. The van der Waals surface area contributed by atoms with E-state index in [1.807, 2.05) is 12.1 Å². The summed E-state index contributed by atoms with van der Waals surface area (Å²) in [6, 6.07) is 15.3. The normalized spacial score (nSPS) is 10.4. The van der Waals surface area contributed by atoms with Gasteiger partial charge >= 0.3 is 0 Å². The molecule has 0 atom stereocenters. The summed E-state index contributed by atoms with van der Waals surface area (Å²) in [5.41, 5.74) is 3.81. The van der Waals surface area contributed by atoms with E-state index in [0.29, 0.717) is 0 Å². The zero-order chi connectivity index (χ0) is 11.4. The Balaban J connectivity index is 1.99. The Morgan fingerprint density at radius 2 is 1.56 bits per heavy atom.